The number of carbonyl (C=O) groups is 1. The molecule has 0 spiro atoms. The van der Waals surface area contributed by atoms with Gasteiger partial charge in [0, 0.05) is 18.1 Å². The Hall–Kier alpha value is -0.570. The van der Waals surface area contributed by atoms with E-state index in [0.29, 0.717) is 24.7 Å². The van der Waals surface area contributed by atoms with E-state index in [1.807, 2.05) is 0 Å². The first kappa shape index (κ1) is 21.5. The number of rotatable bonds is 6. The van der Waals surface area contributed by atoms with E-state index >= 15 is 0 Å². The molecule has 1 aliphatic rings. The minimum atomic E-state index is -3.69. The van der Waals surface area contributed by atoms with Crippen molar-refractivity contribution in [3.63, 3.8) is 0 Å². The molecule has 0 bridgehead atoms. The van der Waals surface area contributed by atoms with E-state index in [4.69, 9.17) is 28.3 Å². The van der Waals surface area contributed by atoms with Gasteiger partial charge in [-0.15, -0.1) is 12.4 Å². The van der Waals surface area contributed by atoms with Gasteiger partial charge in [0.15, 0.2) is 0 Å². The quantitative estimate of drug-likeness (QED) is 0.742. The zero-order valence-corrected chi connectivity index (χ0v) is 15.9. The van der Waals surface area contributed by atoms with Crippen LogP contribution in [0.2, 0.25) is 10.0 Å². The highest BCUT2D eigenvalue weighted by Gasteiger charge is 2.31. The van der Waals surface area contributed by atoms with Gasteiger partial charge in [-0.25, -0.2) is 8.42 Å². The molecular weight excluding hydrogens is 399 g/mol. The summed E-state index contributed by atoms with van der Waals surface area (Å²) in [7, 11) is -3.69. The third-order valence-electron chi connectivity index (χ3n) is 3.70. The lowest BCUT2D eigenvalue weighted by molar-refractivity contribution is -0.136. The van der Waals surface area contributed by atoms with Crippen molar-refractivity contribution in [1.82, 2.24) is 9.62 Å². The molecule has 1 aromatic rings. The molecule has 1 atom stereocenters. The van der Waals surface area contributed by atoms with E-state index in [1.54, 1.807) is 0 Å². The third kappa shape index (κ3) is 5.47. The molecule has 0 saturated carbocycles. The molecule has 1 fully saturated rings. The minimum absolute atomic E-state index is 0. The first-order valence-corrected chi connectivity index (χ1v) is 9.38. The Morgan fingerprint density at radius 1 is 1.38 bits per heavy atom. The second-order valence-electron chi connectivity index (χ2n) is 5.47. The Bertz CT molecular complexity index is 685. The van der Waals surface area contributed by atoms with Crippen LogP contribution in [0.25, 0.3) is 0 Å². The summed E-state index contributed by atoms with van der Waals surface area (Å²) in [6.07, 6.45) is 1.58. The van der Waals surface area contributed by atoms with Crippen LogP contribution in [0, 0.1) is 5.92 Å². The van der Waals surface area contributed by atoms with Crippen LogP contribution >= 0.6 is 35.6 Å². The minimum Gasteiger partial charge on any atom is -0.480 e. The van der Waals surface area contributed by atoms with Crippen LogP contribution in [0.15, 0.2) is 23.1 Å². The summed E-state index contributed by atoms with van der Waals surface area (Å²) in [6, 6.07) is 4.31. The first-order chi connectivity index (χ1) is 10.8. The van der Waals surface area contributed by atoms with Crippen molar-refractivity contribution in [3.05, 3.63) is 28.2 Å². The third-order valence-corrected chi connectivity index (χ3v) is 6.29. The Labute approximate surface area is 157 Å². The van der Waals surface area contributed by atoms with Gasteiger partial charge in [0.1, 0.15) is 4.90 Å². The van der Waals surface area contributed by atoms with Gasteiger partial charge in [0.05, 0.1) is 11.6 Å². The highest BCUT2D eigenvalue weighted by atomic mass is 35.5. The van der Waals surface area contributed by atoms with Crippen LogP contribution in [0.5, 0.6) is 0 Å². The number of nitrogens with one attached hydrogen (secondary N) is 1. The van der Waals surface area contributed by atoms with E-state index in [2.05, 4.69) is 5.32 Å². The maximum absolute atomic E-state index is 12.7. The molecule has 0 radical (unpaired) electrons. The molecule has 1 unspecified atom stereocenters. The molecule has 0 amide bonds. The summed E-state index contributed by atoms with van der Waals surface area (Å²) in [6.45, 7) is 1.10. The smallest absolute Gasteiger partial charge is 0.317 e. The summed E-state index contributed by atoms with van der Waals surface area (Å²) in [5.74, 6) is -0.859. The number of carboxylic acid groups (broad SMARTS) is 1. The molecule has 2 rings (SSSR count). The summed E-state index contributed by atoms with van der Waals surface area (Å²) >= 11 is 11.8. The molecule has 0 aromatic heterocycles. The average molecular weight is 418 g/mol. The second kappa shape index (κ2) is 9.22. The number of carboxylic acids is 1. The van der Waals surface area contributed by atoms with Gasteiger partial charge < -0.3 is 10.4 Å². The number of halogens is 3. The molecule has 1 heterocycles. The van der Waals surface area contributed by atoms with Crippen LogP contribution < -0.4 is 5.32 Å². The van der Waals surface area contributed by atoms with Gasteiger partial charge in [0.2, 0.25) is 10.0 Å². The molecule has 1 aliphatic heterocycles. The van der Waals surface area contributed by atoms with E-state index in [-0.39, 0.29) is 34.8 Å². The van der Waals surface area contributed by atoms with E-state index in [0.717, 1.165) is 12.8 Å². The summed E-state index contributed by atoms with van der Waals surface area (Å²) in [4.78, 5) is 10.6. The van der Waals surface area contributed by atoms with Crippen LogP contribution in [-0.2, 0) is 14.8 Å². The fourth-order valence-electron chi connectivity index (χ4n) is 2.62. The maximum atomic E-state index is 12.7. The number of piperidine rings is 1. The number of hydrogen-bond donors (Lipinski definition) is 2. The molecular formula is C14H19Cl3N2O4S. The summed E-state index contributed by atoms with van der Waals surface area (Å²) in [5, 5.41) is 11.9. The van der Waals surface area contributed by atoms with Gasteiger partial charge in [-0.2, -0.15) is 4.31 Å². The van der Waals surface area contributed by atoms with Crippen molar-refractivity contribution in [3.8, 4) is 0 Å². The molecule has 24 heavy (non-hydrogen) atoms. The number of hydrogen-bond acceptors (Lipinski definition) is 4. The van der Waals surface area contributed by atoms with Crippen LogP contribution in [0.3, 0.4) is 0 Å². The van der Waals surface area contributed by atoms with Gasteiger partial charge in [-0.3, -0.25) is 4.79 Å². The molecule has 0 aliphatic carbocycles. The van der Waals surface area contributed by atoms with E-state index < -0.39 is 16.0 Å². The predicted molar refractivity (Wildman–Crippen MR) is 95.7 cm³/mol. The van der Waals surface area contributed by atoms with E-state index in [1.165, 1.54) is 22.5 Å². The zero-order chi connectivity index (χ0) is 17.0. The lowest BCUT2D eigenvalue weighted by Gasteiger charge is -2.32. The van der Waals surface area contributed by atoms with Crippen molar-refractivity contribution in [2.24, 2.45) is 5.92 Å². The van der Waals surface area contributed by atoms with Crippen LogP contribution in [0.4, 0.5) is 0 Å². The fourth-order valence-corrected chi connectivity index (χ4v) is 4.92. The fraction of sp³-hybridized carbons (Fsp3) is 0.500. The molecule has 1 aromatic carbocycles. The number of nitrogens with zero attached hydrogens (tertiary/aromatic N) is 1. The van der Waals surface area contributed by atoms with Crippen molar-refractivity contribution >= 4 is 51.6 Å². The highest BCUT2D eigenvalue weighted by Crippen LogP contribution is 2.30. The Morgan fingerprint density at radius 3 is 2.71 bits per heavy atom. The SMILES string of the molecule is Cl.O=C(O)CNCC1CCCN(S(=O)(=O)c2ccc(Cl)cc2Cl)C1. The second-order valence-corrected chi connectivity index (χ2v) is 8.22. The number of sulfonamides is 1. The first-order valence-electron chi connectivity index (χ1n) is 7.18. The molecule has 2 N–H and O–H groups in total. The van der Waals surface area contributed by atoms with E-state index in [9.17, 15) is 13.2 Å². The Morgan fingerprint density at radius 2 is 2.08 bits per heavy atom. The highest BCUT2D eigenvalue weighted by molar-refractivity contribution is 7.89. The molecule has 6 nitrogen and oxygen atoms in total. The largest absolute Gasteiger partial charge is 0.480 e. The molecule has 10 heteroatoms. The Kier molecular flexibility index (Phi) is 8.25. The van der Waals surface area contributed by atoms with Crippen molar-refractivity contribution in [2.75, 3.05) is 26.2 Å². The average Bonchev–Trinajstić information content (AvgIpc) is 2.46. The monoisotopic (exact) mass is 416 g/mol. The van der Waals surface area contributed by atoms with Crippen molar-refractivity contribution in [1.29, 1.82) is 0 Å². The van der Waals surface area contributed by atoms with Gasteiger partial charge >= 0.3 is 5.97 Å². The van der Waals surface area contributed by atoms with Crippen molar-refractivity contribution < 1.29 is 18.3 Å². The lowest BCUT2D eigenvalue weighted by atomic mass is 10.00. The summed E-state index contributed by atoms with van der Waals surface area (Å²) in [5.41, 5.74) is 0. The standard InChI is InChI=1S/C14H18Cl2N2O4S.ClH/c15-11-3-4-13(12(16)6-11)23(21,22)18-5-1-2-10(9-18)7-17-8-14(19)20;/h3-4,6,10,17H,1-2,5,7-9H2,(H,19,20);1H. The lowest BCUT2D eigenvalue weighted by Crippen LogP contribution is -2.43. The number of aliphatic carboxylic acids is 1. The zero-order valence-electron chi connectivity index (χ0n) is 12.7. The van der Waals surface area contributed by atoms with Crippen LogP contribution in [0.1, 0.15) is 12.8 Å². The maximum Gasteiger partial charge on any atom is 0.317 e. The summed E-state index contributed by atoms with van der Waals surface area (Å²) < 4.78 is 26.9. The number of benzene rings is 1. The molecule has 1 saturated heterocycles. The van der Waals surface area contributed by atoms with Gasteiger partial charge in [-0.05, 0) is 43.5 Å². The predicted octanol–water partition coefficient (Wildman–Crippen LogP) is 2.49. The topological polar surface area (TPSA) is 86.7 Å². The van der Waals surface area contributed by atoms with Crippen molar-refractivity contribution in [2.45, 2.75) is 17.7 Å². The Balaban J connectivity index is 0.00000288. The normalized spacial score (nSPS) is 18.8. The van der Waals surface area contributed by atoms with Gasteiger partial charge in [0.25, 0.3) is 0 Å². The molecule has 136 valence electrons. The van der Waals surface area contributed by atoms with Gasteiger partial charge in [-0.1, -0.05) is 23.2 Å². The van der Waals surface area contributed by atoms with Crippen LogP contribution in [-0.4, -0.2) is 50.0 Å².